The van der Waals surface area contributed by atoms with Gasteiger partial charge in [-0.05, 0) is 25.5 Å². The average molecular weight is 248 g/mol. The van der Waals surface area contributed by atoms with Crippen LogP contribution in [0.5, 0.6) is 0 Å². The van der Waals surface area contributed by atoms with Gasteiger partial charge in [0.25, 0.3) is 0 Å². The third kappa shape index (κ3) is 5.81. The molecule has 1 nitrogen and oxygen atoms in total. The Balaban J connectivity index is 0. The first-order chi connectivity index (χ1) is 8.49. The van der Waals surface area contributed by atoms with Crippen molar-refractivity contribution in [1.29, 1.82) is 0 Å². The van der Waals surface area contributed by atoms with Crippen molar-refractivity contribution >= 4 is 6.72 Å². The highest BCUT2D eigenvalue weighted by Gasteiger charge is 2.26. The SMILES string of the molecule is C=C/C=C(\C=C)[C@H](CC)[C@@H](C)[N+](=C)C(=C)C.CC. The second kappa shape index (κ2) is 10.8. The van der Waals surface area contributed by atoms with Crippen LogP contribution < -0.4 is 0 Å². The summed E-state index contributed by atoms with van der Waals surface area (Å²) in [5.41, 5.74) is 2.19. The van der Waals surface area contributed by atoms with Gasteiger partial charge in [-0.1, -0.05) is 52.2 Å². The number of nitrogens with zero attached hydrogens (tertiary/aromatic N) is 1. The van der Waals surface area contributed by atoms with E-state index in [0.717, 1.165) is 12.1 Å². The summed E-state index contributed by atoms with van der Waals surface area (Å²) < 4.78 is 1.97. The Bertz CT molecular complexity index is 321. The van der Waals surface area contributed by atoms with E-state index in [1.165, 1.54) is 5.57 Å². The van der Waals surface area contributed by atoms with E-state index in [1.54, 1.807) is 6.08 Å². The predicted molar refractivity (Wildman–Crippen MR) is 85.3 cm³/mol. The van der Waals surface area contributed by atoms with Crippen LogP contribution in [0.3, 0.4) is 0 Å². The van der Waals surface area contributed by atoms with Gasteiger partial charge in [-0.25, -0.2) is 4.58 Å². The van der Waals surface area contributed by atoms with Crippen LogP contribution >= 0.6 is 0 Å². The van der Waals surface area contributed by atoms with Crippen molar-refractivity contribution in [2.45, 2.75) is 47.1 Å². The fraction of sp³-hybridized carbons (Fsp3) is 0.471. The zero-order valence-electron chi connectivity index (χ0n) is 12.9. The summed E-state index contributed by atoms with van der Waals surface area (Å²) in [6, 6.07) is 0.312. The molecule has 0 N–H and O–H groups in total. The van der Waals surface area contributed by atoms with Crippen LogP contribution in [-0.4, -0.2) is 17.3 Å². The summed E-state index contributed by atoms with van der Waals surface area (Å²) in [5, 5.41) is 0. The molecule has 18 heavy (non-hydrogen) atoms. The van der Waals surface area contributed by atoms with Gasteiger partial charge in [0, 0.05) is 12.8 Å². The number of rotatable bonds is 7. The van der Waals surface area contributed by atoms with Crippen LogP contribution in [0, 0.1) is 5.92 Å². The first-order valence-corrected chi connectivity index (χ1v) is 6.69. The molecule has 0 fully saturated rings. The summed E-state index contributed by atoms with van der Waals surface area (Å²) in [6.45, 7) is 25.9. The van der Waals surface area contributed by atoms with E-state index in [-0.39, 0.29) is 0 Å². The van der Waals surface area contributed by atoms with Crippen molar-refractivity contribution in [2.75, 3.05) is 0 Å². The second-order valence-electron chi connectivity index (χ2n) is 4.07. The smallest absolute Gasteiger partial charge is 0.170 e. The molecule has 0 saturated carbocycles. The molecule has 0 bridgehead atoms. The Hall–Kier alpha value is -1.37. The van der Waals surface area contributed by atoms with E-state index in [4.69, 9.17) is 0 Å². The Morgan fingerprint density at radius 1 is 1.28 bits per heavy atom. The molecule has 1 heteroatoms. The maximum absolute atomic E-state index is 4.03. The van der Waals surface area contributed by atoms with E-state index >= 15 is 0 Å². The van der Waals surface area contributed by atoms with Crippen LogP contribution in [0.1, 0.15) is 41.0 Å². The molecular weight excluding hydrogens is 218 g/mol. The zero-order chi connectivity index (χ0) is 14.7. The van der Waals surface area contributed by atoms with E-state index in [9.17, 15) is 0 Å². The topological polar surface area (TPSA) is 3.01 Å². The van der Waals surface area contributed by atoms with Gasteiger partial charge in [0.15, 0.2) is 11.7 Å². The monoisotopic (exact) mass is 248 g/mol. The van der Waals surface area contributed by atoms with Crippen molar-refractivity contribution in [1.82, 2.24) is 0 Å². The van der Waals surface area contributed by atoms with E-state index in [1.807, 2.05) is 37.5 Å². The van der Waals surface area contributed by atoms with E-state index < -0.39 is 0 Å². The Morgan fingerprint density at radius 3 is 2.06 bits per heavy atom. The molecule has 0 aromatic carbocycles. The Kier molecular flexibility index (Phi) is 11.3. The molecule has 0 aromatic rings. The molecule has 0 aliphatic rings. The maximum atomic E-state index is 4.03. The van der Waals surface area contributed by atoms with Gasteiger partial charge in [-0.3, -0.25) is 0 Å². The normalized spacial score (nSPS) is 13.7. The van der Waals surface area contributed by atoms with Gasteiger partial charge in [0.1, 0.15) is 6.72 Å². The summed E-state index contributed by atoms with van der Waals surface area (Å²) in [5.74, 6) is 0.407. The van der Waals surface area contributed by atoms with Crippen molar-refractivity contribution in [2.24, 2.45) is 5.92 Å². The fourth-order valence-electron chi connectivity index (χ4n) is 1.90. The van der Waals surface area contributed by atoms with Crippen molar-refractivity contribution < 1.29 is 4.58 Å². The lowest BCUT2D eigenvalue weighted by Crippen LogP contribution is -2.29. The summed E-state index contributed by atoms with van der Waals surface area (Å²) in [6.07, 6.45) is 6.77. The maximum Gasteiger partial charge on any atom is 0.170 e. The van der Waals surface area contributed by atoms with Crippen LogP contribution in [0.15, 0.2) is 49.2 Å². The number of allylic oxidation sites excluding steroid dienone is 4. The van der Waals surface area contributed by atoms with Gasteiger partial charge in [0.2, 0.25) is 0 Å². The van der Waals surface area contributed by atoms with Crippen LogP contribution in [0.4, 0.5) is 0 Å². The van der Waals surface area contributed by atoms with Gasteiger partial charge in [-0.15, -0.1) is 0 Å². The highest BCUT2D eigenvalue weighted by Crippen LogP contribution is 2.23. The molecule has 0 radical (unpaired) electrons. The highest BCUT2D eigenvalue weighted by atomic mass is 15.0. The minimum atomic E-state index is 0.312. The largest absolute Gasteiger partial charge is 0.207 e. The second-order valence-corrected chi connectivity index (χ2v) is 4.07. The number of hydrogen-bond acceptors (Lipinski definition) is 0. The summed E-state index contributed by atoms with van der Waals surface area (Å²) in [7, 11) is 0. The quantitative estimate of drug-likeness (QED) is 0.340. The molecular formula is C17H30N+. The molecule has 0 aliphatic carbocycles. The molecule has 0 aromatic heterocycles. The first-order valence-electron chi connectivity index (χ1n) is 6.69. The minimum absolute atomic E-state index is 0.312. The highest BCUT2D eigenvalue weighted by molar-refractivity contribution is 5.25. The Labute approximate surface area is 114 Å². The first kappa shape index (κ1) is 19.0. The molecule has 102 valence electrons. The lowest BCUT2D eigenvalue weighted by Gasteiger charge is -2.21. The molecule has 0 rings (SSSR count). The predicted octanol–water partition coefficient (Wildman–Crippen LogP) is 4.97. The van der Waals surface area contributed by atoms with Crippen molar-refractivity contribution in [3.63, 3.8) is 0 Å². The standard InChI is InChI=1S/C15H24N.C2H6/c1-8-11-14(9-2)15(10-3)13(6)16(7)12(4)5;1-2/h8-9,11,13,15H,1-2,4,7,10H2,3,5-6H3;1-2H3/q+1;/b14-11+;/t13-,15-;/m1./s1. The lowest BCUT2D eigenvalue weighted by molar-refractivity contribution is -0.513. The van der Waals surface area contributed by atoms with E-state index in [0.29, 0.717) is 12.0 Å². The van der Waals surface area contributed by atoms with Gasteiger partial charge in [-0.2, -0.15) is 0 Å². The minimum Gasteiger partial charge on any atom is -0.207 e. The third-order valence-electron chi connectivity index (χ3n) is 2.98. The third-order valence-corrected chi connectivity index (χ3v) is 2.98. The molecule has 0 spiro atoms. The lowest BCUT2D eigenvalue weighted by atomic mass is 9.89. The van der Waals surface area contributed by atoms with Gasteiger partial charge < -0.3 is 0 Å². The van der Waals surface area contributed by atoms with Crippen molar-refractivity contribution in [3.8, 4) is 0 Å². The molecule has 0 amide bonds. The zero-order valence-corrected chi connectivity index (χ0v) is 12.9. The van der Waals surface area contributed by atoms with E-state index in [2.05, 4.69) is 40.3 Å². The fourth-order valence-corrected chi connectivity index (χ4v) is 1.90. The average Bonchev–Trinajstić information content (AvgIpc) is 2.39. The molecule has 0 saturated heterocycles. The van der Waals surface area contributed by atoms with Crippen molar-refractivity contribution in [3.05, 3.63) is 49.2 Å². The number of hydrogen-bond donors (Lipinski definition) is 0. The molecule has 0 unspecified atom stereocenters. The molecule has 2 atom stereocenters. The van der Waals surface area contributed by atoms with Crippen LogP contribution in [0.2, 0.25) is 0 Å². The molecule has 0 aliphatic heterocycles. The van der Waals surface area contributed by atoms with Gasteiger partial charge in [0.05, 0.1) is 0 Å². The molecule has 0 heterocycles. The van der Waals surface area contributed by atoms with Crippen LogP contribution in [0.25, 0.3) is 0 Å². The summed E-state index contributed by atoms with van der Waals surface area (Å²) in [4.78, 5) is 0. The Morgan fingerprint density at radius 2 is 1.78 bits per heavy atom. The van der Waals surface area contributed by atoms with Crippen LogP contribution in [-0.2, 0) is 0 Å². The summed E-state index contributed by atoms with van der Waals surface area (Å²) >= 11 is 0. The van der Waals surface area contributed by atoms with Gasteiger partial charge >= 0.3 is 0 Å².